The summed E-state index contributed by atoms with van der Waals surface area (Å²) in [6.45, 7) is 4.38. The van der Waals surface area contributed by atoms with Gasteiger partial charge in [0, 0.05) is 24.7 Å². The molecule has 0 unspecified atom stereocenters. The van der Waals surface area contributed by atoms with Crippen molar-refractivity contribution in [3.8, 4) is 0 Å². The van der Waals surface area contributed by atoms with Crippen LogP contribution in [0.25, 0.3) is 0 Å². The highest BCUT2D eigenvalue weighted by Gasteiger charge is 2.14. The van der Waals surface area contributed by atoms with Crippen molar-refractivity contribution in [1.29, 1.82) is 0 Å². The minimum Gasteiger partial charge on any atom is -0.379 e. The summed E-state index contributed by atoms with van der Waals surface area (Å²) in [4.78, 5) is 0. The Labute approximate surface area is 166 Å². The first-order valence-corrected chi connectivity index (χ1v) is 13.0. The predicted molar refractivity (Wildman–Crippen MR) is 114 cm³/mol. The molecule has 0 amide bonds. The van der Waals surface area contributed by atoms with Crippen molar-refractivity contribution in [2.24, 2.45) is 0 Å². The Kier molecular flexibility index (Phi) is 9.47. The van der Waals surface area contributed by atoms with Crippen LogP contribution >= 0.6 is 15.8 Å². The lowest BCUT2D eigenvalue weighted by Crippen LogP contribution is -2.12. The average Bonchev–Trinajstić information content (AvgIpc) is 2.66. The first kappa shape index (κ1) is 22.9. The van der Waals surface area contributed by atoms with Gasteiger partial charge in [-0.2, -0.15) is 0 Å². The van der Waals surface area contributed by atoms with E-state index in [2.05, 4.69) is 24.5 Å². The molecule has 0 aliphatic rings. The Bertz CT molecular complexity index is 701. The number of hydrogen-bond donors (Lipinski definition) is 2. The fraction of sp³-hybridized carbons (Fsp3) is 0.400. The standard InChI is InChI=1S/C20H26F4N2P2/c1-3-27(4-2)9-10-28(13-25-19-7-5-15(21)11-17(19)23)14-26-20-8-6-16(22)12-18(20)24/h5-8,11-12,25-26H,3-4,9-10,13-14H2,1-2H3. The van der Waals surface area contributed by atoms with Crippen molar-refractivity contribution in [3.05, 3.63) is 59.7 Å². The van der Waals surface area contributed by atoms with Gasteiger partial charge < -0.3 is 10.6 Å². The van der Waals surface area contributed by atoms with Gasteiger partial charge in [0.05, 0.1) is 11.4 Å². The van der Waals surface area contributed by atoms with Crippen LogP contribution in [0.15, 0.2) is 36.4 Å². The summed E-state index contributed by atoms with van der Waals surface area (Å²) in [5, 5.41) is 6.12. The van der Waals surface area contributed by atoms with Crippen molar-refractivity contribution in [1.82, 2.24) is 0 Å². The van der Waals surface area contributed by atoms with E-state index in [1.165, 1.54) is 24.3 Å². The van der Waals surface area contributed by atoms with Crippen molar-refractivity contribution in [3.63, 3.8) is 0 Å². The number of hydrogen-bond acceptors (Lipinski definition) is 2. The van der Waals surface area contributed by atoms with Gasteiger partial charge in [0.25, 0.3) is 0 Å². The zero-order valence-corrected chi connectivity index (χ0v) is 17.9. The SMILES string of the molecule is CCP(CC)CCP(CNc1ccc(F)cc1F)CNc1ccc(F)cc1F. The summed E-state index contributed by atoms with van der Waals surface area (Å²) < 4.78 is 53.9. The van der Waals surface area contributed by atoms with Crippen molar-refractivity contribution in [2.75, 3.05) is 47.9 Å². The second-order valence-corrected chi connectivity index (χ2v) is 11.8. The fourth-order valence-electron chi connectivity index (χ4n) is 2.70. The normalized spacial score (nSPS) is 11.3. The second-order valence-electron chi connectivity index (χ2n) is 6.34. The molecule has 0 saturated carbocycles. The van der Waals surface area contributed by atoms with E-state index in [1.807, 2.05) is 0 Å². The van der Waals surface area contributed by atoms with Gasteiger partial charge in [-0.3, -0.25) is 0 Å². The van der Waals surface area contributed by atoms with Gasteiger partial charge >= 0.3 is 0 Å². The molecule has 0 aliphatic carbocycles. The van der Waals surface area contributed by atoms with Crippen molar-refractivity contribution < 1.29 is 17.6 Å². The molecule has 2 N–H and O–H groups in total. The van der Waals surface area contributed by atoms with E-state index < -0.39 is 31.2 Å². The summed E-state index contributed by atoms with van der Waals surface area (Å²) in [6, 6.07) is 6.90. The first-order chi connectivity index (χ1) is 13.4. The minimum absolute atomic E-state index is 0.0265. The van der Waals surface area contributed by atoms with Crippen LogP contribution < -0.4 is 10.6 Å². The summed E-state index contributed by atoms with van der Waals surface area (Å²) in [5.41, 5.74) is 0.519. The van der Waals surface area contributed by atoms with Gasteiger partial charge in [-0.05, 0) is 48.9 Å². The highest BCUT2D eigenvalue weighted by Crippen LogP contribution is 2.42. The molecule has 0 spiro atoms. The molecule has 2 rings (SSSR count). The molecule has 0 atom stereocenters. The molecule has 0 saturated heterocycles. The van der Waals surface area contributed by atoms with E-state index in [0.29, 0.717) is 12.6 Å². The molecule has 2 nitrogen and oxygen atoms in total. The van der Waals surface area contributed by atoms with Crippen LogP contribution in [-0.2, 0) is 0 Å². The Morgan fingerprint density at radius 3 is 1.50 bits per heavy atom. The highest BCUT2D eigenvalue weighted by atomic mass is 31.1. The van der Waals surface area contributed by atoms with Crippen LogP contribution in [0.4, 0.5) is 28.9 Å². The van der Waals surface area contributed by atoms with Gasteiger partial charge in [0.15, 0.2) is 0 Å². The zero-order chi connectivity index (χ0) is 20.5. The first-order valence-electron chi connectivity index (χ1n) is 9.25. The van der Waals surface area contributed by atoms with E-state index in [-0.39, 0.29) is 19.3 Å². The Hall–Kier alpha value is -1.38. The molecule has 0 aliphatic heterocycles. The Morgan fingerprint density at radius 1 is 0.679 bits per heavy atom. The third-order valence-corrected chi connectivity index (χ3v) is 9.54. The molecule has 0 bridgehead atoms. The molecule has 0 radical (unpaired) electrons. The van der Waals surface area contributed by atoms with E-state index in [0.717, 1.165) is 36.8 Å². The van der Waals surface area contributed by atoms with Gasteiger partial charge in [-0.15, -0.1) is 7.92 Å². The maximum absolute atomic E-state index is 13.9. The molecule has 2 aromatic carbocycles. The number of nitrogens with one attached hydrogen (secondary N) is 2. The minimum atomic E-state index is -0.628. The zero-order valence-electron chi connectivity index (χ0n) is 16.1. The van der Waals surface area contributed by atoms with Crippen molar-refractivity contribution >= 4 is 27.2 Å². The fourth-order valence-corrected chi connectivity index (χ4v) is 7.25. The summed E-state index contributed by atoms with van der Waals surface area (Å²) in [6.07, 6.45) is 5.46. The molecule has 28 heavy (non-hydrogen) atoms. The van der Waals surface area contributed by atoms with Crippen LogP contribution in [-0.4, -0.2) is 37.2 Å². The van der Waals surface area contributed by atoms with Crippen molar-refractivity contribution in [2.45, 2.75) is 13.8 Å². The summed E-state index contributed by atoms with van der Waals surface area (Å²) in [7, 11) is -0.645. The summed E-state index contributed by atoms with van der Waals surface area (Å²) >= 11 is 0. The van der Waals surface area contributed by atoms with Crippen LogP contribution in [0, 0.1) is 23.3 Å². The average molecular weight is 432 g/mol. The highest BCUT2D eigenvalue weighted by molar-refractivity contribution is 7.61. The summed E-state index contributed by atoms with van der Waals surface area (Å²) in [5.74, 6) is -2.49. The topological polar surface area (TPSA) is 24.1 Å². The molecule has 8 heteroatoms. The molecule has 0 fully saturated rings. The second kappa shape index (κ2) is 11.6. The Morgan fingerprint density at radius 2 is 1.11 bits per heavy atom. The van der Waals surface area contributed by atoms with Crippen LogP contribution in [0.1, 0.15) is 13.8 Å². The Balaban J connectivity index is 2.00. The number of benzene rings is 2. The predicted octanol–water partition coefficient (Wildman–Crippen LogP) is 6.69. The molecule has 154 valence electrons. The molecule has 0 heterocycles. The van der Waals surface area contributed by atoms with Gasteiger partial charge in [0.1, 0.15) is 23.3 Å². The monoisotopic (exact) mass is 432 g/mol. The lowest BCUT2D eigenvalue weighted by molar-refractivity contribution is 0.585. The number of anilines is 2. The van der Waals surface area contributed by atoms with Crippen LogP contribution in [0.3, 0.4) is 0 Å². The lowest BCUT2D eigenvalue weighted by atomic mass is 10.3. The number of rotatable bonds is 11. The van der Waals surface area contributed by atoms with Gasteiger partial charge in [0.2, 0.25) is 0 Å². The number of halogens is 4. The van der Waals surface area contributed by atoms with E-state index in [1.54, 1.807) is 0 Å². The maximum Gasteiger partial charge on any atom is 0.149 e. The molecule has 0 aromatic heterocycles. The third kappa shape index (κ3) is 7.22. The van der Waals surface area contributed by atoms with E-state index in [9.17, 15) is 17.6 Å². The van der Waals surface area contributed by atoms with E-state index in [4.69, 9.17) is 0 Å². The molecular formula is C20H26F4N2P2. The van der Waals surface area contributed by atoms with E-state index >= 15 is 0 Å². The van der Waals surface area contributed by atoms with Crippen LogP contribution in [0.2, 0.25) is 0 Å². The molecule has 2 aromatic rings. The van der Waals surface area contributed by atoms with Gasteiger partial charge in [-0.1, -0.05) is 21.8 Å². The maximum atomic E-state index is 13.9. The largest absolute Gasteiger partial charge is 0.379 e. The van der Waals surface area contributed by atoms with Gasteiger partial charge in [-0.25, -0.2) is 17.6 Å². The van der Waals surface area contributed by atoms with Crippen LogP contribution in [0.5, 0.6) is 0 Å². The lowest BCUT2D eigenvalue weighted by Gasteiger charge is -2.23. The quantitative estimate of drug-likeness (QED) is 0.306. The smallest absolute Gasteiger partial charge is 0.149 e. The molecular weight excluding hydrogens is 406 g/mol. The third-order valence-electron chi connectivity index (χ3n) is 4.48.